The molecule has 0 heterocycles. The van der Waals surface area contributed by atoms with Crippen molar-refractivity contribution in [2.75, 3.05) is 0 Å². The van der Waals surface area contributed by atoms with Gasteiger partial charge in [0.25, 0.3) is 0 Å². The quantitative estimate of drug-likeness (QED) is 0.520. The van der Waals surface area contributed by atoms with Gasteiger partial charge in [0.05, 0.1) is 0 Å². The van der Waals surface area contributed by atoms with E-state index in [-0.39, 0.29) is 18.4 Å². The molecule has 0 aliphatic heterocycles. The van der Waals surface area contributed by atoms with Crippen LogP contribution in [0.25, 0.3) is 10.8 Å². The zero-order valence-electron chi connectivity index (χ0n) is 17.1. The molecule has 2 atom stereocenters. The van der Waals surface area contributed by atoms with Crippen LogP contribution in [0.3, 0.4) is 0 Å². The number of nitrogens with two attached hydrogens (primary N) is 1. The first kappa shape index (κ1) is 22.0. The maximum Gasteiger partial charge on any atom is 0.243 e. The van der Waals surface area contributed by atoms with Gasteiger partial charge in [-0.25, -0.2) is 4.39 Å². The Kier molecular flexibility index (Phi) is 6.97. The summed E-state index contributed by atoms with van der Waals surface area (Å²) in [6.45, 7) is 1.27. The highest BCUT2D eigenvalue weighted by molar-refractivity contribution is 5.91. The molecule has 3 amide bonds. The van der Waals surface area contributed by atoms with Gasteiger partial charge in [0.2, 0.25) is 17.7 Å². The Balaban J connectivity index is 1.76. The predicted octanol–water partition coefficient (Wildman–Crippen LogP) is 2.24. The molecule has 0 unspecified atom stereocenters. The van der Waals surface area contributed by atoms with Crippen LogP contribution in [0.15, 0.2) is 66.7 Å². The second kappa shape index (κ2) is 9.84. The van der Waals surface area contributed by atoms with Crippen molar-refractivity contribution in [1.82, 2.24) is 10.6 Å². The van der Waals surface area contributed by atoms with Crippen molar-refractivity contribution in [1.29, 1.82) is 0 Å². The van der Waals surface area contributed by atoms with Gasteiger partial charge >= 0.3 is 0 Å². The normalized spacial score (nSPS) is 12.7. The van der Waals surface area contributed by atoms with Gasteiger partial charge in [-0.15, -0.1) is 0 Å². The Bertz CT molecular complexity index is 1120. The molecule has 160 valence electrons. The van der Waals surface area contributed by atoms with Gasteiger partial charge < -0.3 is 16.4 Å². The van der Waals surface area contributed by atoms with Crippen LogP contribution in [0.5, 0.6) is 0 Å². The van der Waals surface area contributed by atoms with Gasteiger partial charge in [-0.3, -0.25) is 14.4 Å². The number of hydrogen-bond acceptors (Lipinski definition) is 3. The van der Waals surface area contributed by atoms with Crippen LogP contribution in [0.2, 0.25) is 0 Å². The van der Waals surface area contributed by atoms with Gasteiger partial charge in [-0.1, -0.05) is 60.7 Å². The molecule has 0 aromatic heterocycles. The van der Waals surface area contributed by atoms with E-state index in [1.54, 1.807) is 12.1 Å². The summed E-state index contributed by atoms with van der Waals surface area (Å²) < 4.78 is 14.0. The van der Waals surface area contributed by atoms with Gasteiger partial charge in [0.15, 0.2) is 0 Å². The van der Waals surface area contributed by atoms with Crippen molar-refractivity contribution in [3.05, 3.63) is 83.7 Å². The predicted molar refractivity (Wildman–Crippen MR) is 116 cm³/mol. The van der Waals surface area contributed by atoms with E-state index in [0.29, 0.717) is 0 Å². The summed E-state index contributed by atoms with van der Waals surface area (Å²) in [6, 6.07) is 17.5. The third-order valence-electron chi connectivity index (χ3n) is 4.99. The molecule has 0 radical (unpaired) electrons. The first-order valence-corrected chi connectivity index (χ1v) is 9.91. The van der Waals surface area contributed by atoms with Crippen molar-refractivity contribution in [3.8, 4) is 0 Å². The Labute approximate surface area is 179 Å². The SMILES string of the molecule is CC(=O)N[C@H](Cc1ccccc1F)C(=O)N[C@@H](Cc1ccc2ccccc2c1)C(N)=O. The number of amides is 3. The average Bonchev–Trinajstić information content (AvgIpc) is 2.73. The van der Waals surface area contributed by atoms with Crippen molar-refractivity contribution >= 4 is 28.5 Å². The van der Waals surface area contributed by atoms with E-state index < -0.39 is 35.6 Å². The molecule has 0 saturated carbocycles. The lowest BCUT2D eigenvalue weighted by molar-refractivity contribution is -0.130. The first-order chi connectivity index (χ1) is 14.8. The van der Waals surface area contributed by atoms with E-state index in [9.17, 15) is 18.8 Å². The third kappa shape index (κ3) is 5.88. The number of nitrogens with one attached hydrogen (secondary N) is 2. The lowest BCUT2D eigenvalue weighted by Crippen LogP contribution is -2.54. The highest BCUT2D eigenvalue weighted by atomic mass is 19.1. The molecule has 4 N–H and O–H groups in total. The van der Waals surface area contributed by atoms with Crippen LogP contribution >= 0.6 is 0 Å². The summed E-state index contributed by atoms with van der Waals surface area (Å²) in [5.74, 6) is -2.23. The molecule has 6 nitrogen and oxygen atoms in total. The molecule has 3 rings (SSSR count). The number of primary amides is 1. The smallest absolute Gasteiger partial charge is 0.243 e. The number of halogens is 1. The van der Waals surface area contributed by atoms with E-state index >= 15 is 0 Å². The fourth-order valence-corrected chi connectivity index (χ4v) is 3.44. The maximum absolute atomic E-state index is 14.0. The second-order valence-electron chi connectivity index (χ2n) is 7.40. The number of benzene rings is 3. The fourth-order valence-electron chi connectivity index (χ4n) is 3.44. The minimum Gasteiger partial charge on any atom is -0.368 e. The van der Waals surface area contributed by atoms with E-state index in [0.717, 1.165) is 16.3 Å². The molecule has 7 heteroatoms. The molecule has 0 aliphatic rings. The summed E-state index contributed by atoms with van der Waals surface area (Å²) in [7, 11) is 0. The maximum atomic E-state index is 14.0. The molecular weight excluding hydrogens is 397 g/mol. The van der Waals surface area contributed by atoms with E-state index in [1.807, 2.05) is 42.5 Å². The summed E-state index contributed by atoms with van der Waals surface area (Å²) in [5, 5.41) is 7.19. The monoisotopic (exact) mass is 421 g/mol. The Morgan fingerprint density at radius 2 is 1.55 bits per heavy atom. The van der Waals surface area contributed by atoms with Crippen molar-refractivity contribution in [2.24, 2.45) is 5.73 Å². The van der Waals surface area contributed by atoms with Crippen LogP contribution in [0.4, 0.5) is 4.39 Å². The highest BCUT2D eigenvalue weighted by Gasteiger charge is 2.26. The number of carbonyl (C=O) groups is 3. The van der Waals surface area contributed by atoms with Crippen molar-refractivity contribution in [3.63, 3.8) is 0 Å². The molecule has 0 bridgehead atoms. The molecule has 0 spiro atoms. The first-order valence-electron chi connectivity index (χ1n) is 9.91. The van der Waals surface area contributed by atoms with Crippen LogP contribution in [-0.4, -0.2) is 29.8 Å². The largest absolute Gasteiger partial charge is 0.368 e. The fraction of sp³-hybridized carbons (Fsp3) is 0.208. The van der Waals surface area contributed by atoms with Crippen LogP contribution in [-0.2, 0) is 27.2 Å². The molecule has 0 saturated heterocycles. The molecule has 0 fully saturated rings. The van der Waals surface area contributed by atoms with Gasteiger partial charge in [-0.2, -0.15) is 0 Å². The summed E-state index contributed by atoms with van der Waals surface area (Å²) in [6.07, 6.45) is 0.137. The number of carbonyl (C=O) groups excluding carboxylic acids is 3. The second-order valence-corrected chi connectivity index (χ2v) is 7.40. The summed E-state index contributed by atoms with van der Waals surface area (Å²) in [4.78, 5) is 36.5. The minimum absolute atomic E-state index is 0.0560. The number of hydrogen-bond donors (Lipinski definition) is 3. The zero-order valence-corrected chi connectivity index (χ0v) is 17.1. The summed E-state index contributed by atoms with van der Waals surface area (Å²) >= 11 is 0. The molecule has 3 aromatic rings. The molecule has 3 aromatic carbocycles. The lowest BCUT2D eigenvalue weighted by atomic mass is 10.00. The van der Waals surface area contributed by atoms with E-state index in [4.69, 9.17) is 5.73 Å². The number of fused-ring (bicyclic) bond motifs is 1. The zero-order chi connectivity index (χ0) is 22.4. The van der Waals surface area contributed by atoms with E-state index in [2.05, 4.69) is 10.6 Å². The van der Waals surface area contributed by atoms with Crippen molar-refractivity contribution < 1.29 is 18.8 Å². The van der Waals surface area contributed by atoms with Crippen molar-refractivity contribution in [2.45, 2.75) is 31.8 Å². The van der Waals surface area contributed by atoms with Crippen LogP contribution in [0.1, 0.15) is 18.1 Å². The third-order valence-corrected chi connectivity index (χ3v) is 4.99. The van der Waals surface area contributed by atoms with Crippen LogP contribution in [0, 0.1) is 5.82 Å². The summed E-state index contributed by atoms with van der Waals surface area (Å²) in [5.41, 5.74) is 6.63. The Morgan fingerprint density at radius 3 is 2.23 bits per heavy atom. The Hall–Kier alpha value is -3.74. The van der Waals surface area contributed by atoms with Gasteiger partial charge in [0.1, 0.15) is 17.9 Å². The Morgan fingerprint density at radius 1 is 0.871 bits per heavy atom. The van der Waals surface area contributed by atoms with Gasteiger partial charge in [0, 0.05) is 19.8 Å². The average molecular weight is 421 g/mol. The lowest BCUT2D eigenvalue weighted by Gasteiger charge is -2.22. The number of rotatable bonds is 8. The van der Waals surface area contributed by atoms with E-state index in [1.165, 1.54) is 19.1 Å². The molecule has 0 aliphatic carbocycles. The molecule has 31 heavy (non-hydrogen) atoms. The van der Waals surface area contributed by atoms with Gasteiger partial charge in [-0.05, 0) is 28.0 Å². The molecular formula is C24H24FN3O3. The topological polar surface area (TPSA) is 101 Å². The van der Waals surface area contributed by atoms with Crippen LogP contribution < -0.4 is 16.4 Å². The standard InChI is InChI=1S/C24H24FN3O3/c1-15(29)27-22(14-19-8-4-5-9-20(19)25)24(31)28-21(23(26)30)13-16-10-11-17-6-2-3-7-18(17)12-16/h2-12,21-22H,13-14H2,1H3,(H2,26,30)(H,27,29)(H,28,31)/t21-,22+/m0/s1. The minimum atomic E-state index is -1.05. The highest BCUT2D eigenvalue weighted by Crippen LogP contribution is 2.17.